The summed E-state index contributed by atoms with van der Waals surface area (Å²) in [5.41, 5.74) is 8.52. The van der Waals surface area contributed by atoms with Gasteiger partial charge in [-0.05, 0) is 37.5 Å². The average molecular weight is 369 g/mol. The van der Waals surface area contributed by atoms with Crippen molar-refractivity contribution in [2.24, 2.45) is 11.7 Å². The summed E-state index contributed by atoms with van der Waals surface area (Å²) in [6.07, 6.45) is 1.89. The summed E-state index contributed by atoms with van der Waals surface area (Å²) in [7, 11) is 0. The smallest absolute Gasteiger partial charge is 0.230 e. The molecular weight excluding hydrogens is 342 g/mol. The Balaban J connectivity index is 1.97. The number of nitrogens with zero attached hydrogens (tertiary/aromatic N) is 3. The van der Waals surface area contributed by atoms with Gasteiger partial charge in [0, 0.05) is 38.4 Å². The first kappa shape index (κ1) is 19.3. The van der Waals surface area contributed by atoms with Crippen LogP contribution < -0.4 is 20.9 Å². The van der Waals surface area contributed by atoms with Crippen molar-refractivity contribution >= 4 is 23.2 Å². The highest BCUT2D eigenvalue weighted by Gasteiger charge is 2.39. The topological polar surface area (TPSA) is 102 Å². The van der Waals surface area contributed by atoms with Crippen LogP contribution in [0, 0.1) is 17.2 Å². The zero-order valence-electron chi connectivity index (χ0n) is 15.9. The predicted octanol–water partition coefficient (Wildman–Crippen LogP) is 1.34. The second-order valence-electron chi connectivity index (χ2n) is 7.43. The van der Waals surface area contributed by atoms with E-state index in [2.05, 4.69) is 11.4 Å². The molecule has 7 heteroatoms. The number of hydrogen-bond acceptors (Lipinski definition) is 5. The molecule has 7 nitrogen and oxygen atoms in total. The van der Waals surface area contributed by atoms with E-state index >= 15 is 0 Å². The summed E-state index contributed by atoms with van der Waals surface area (Å²) in [4.78, 5) is 28.7. The molecule has 3 N–H and O–H groups in total. The third kappa shape index (κ3) is 3.97. The molecule has 0 saturated heterocycles. The van der Waals surface area contributed by atoms with E-state index in [9.17, 15) is 9.59 Å². The number of amides is 2. The van der Waals surface area contributed by atoms with E-state index in [1.54, 1.807) is 11.8 Å². The lowest BCUT2D eigenvalue weighted by Gasteiger charge is -2.41. The fraction of sp³-hybridized carbons (Fsp3) is 0.550. The quantitative estimate of drug-likeness (QED) is 0.582. The van der Waals surface area contributed by atoms with Crippen molar-refractivity contribution in [3.63, 3.8) is 0 Å². The van der Waals surface area contributed by atoms with E-state index in [0.29, 0.717) is 19.6 Å². The average Bonchev–Trinajstić information content (AvgIpc) is 3.48. The van der Waals surface area contributed by atoms with Crippen LogP contribution >= 0.6 is 0 Å². The zero-order valence-corrected chi connectivity index (χ0v) is 15.9. The standard InChI is InChI=1S/C20H27N5O2/c1-13-12-24(20(27)15-3-4-15)19-9-16(17(10-22)11-23-8-7-21)5-6-18(19)25(13)14(2)26/h5-6,9,13,15,17,23H,3-4,8,10-12,22H2,1-2H3/t13-,17?/m0/s1. The van der Waals surface area contributed by atoms with Crippen molar-refractivity contribution in [2.45, 2.75) is 38.6 Å². The molecule has 1 heterocycles. The van der Waals surface area contributed by atoms with Crippen LogP contribution in [0.4, 0.5) is 11.4 Å². The summed E-state index contributed by atoms with van der Waals surface area (Å²) in [5.74, 6) is 0.267. The third-order valence-electron chi connectivity index (χ3n) is 5.32. The minimum atomic E-state index is -0.0637. The number of rotatable bonds is 6. The number of carbonyl (C=O) groups excluding carboxylic acids is 2. The van der Waals surface area contributed by atoms with Crippen LogP contribution in [-0.2, 0) is 9.59 Å². The Bertz CT molecular complexity index is 768. The van der Waals surface area contributed by atoms with Crippen LogP contribution in [0.25, 0.3) is 0 Å². The summed E-state index contributed by atoms with van der Waals surface area (Å²) in [6.45, 7) is 5.32. The normalized spacial score (nSPS) is 20.0. The molecule has 1 aliphatic heterocycles. The molecule has 1 aromatic carbocycles. The molecule has 2 aliphatic rings. The Kier molecular flexibility index (Phi) is 5.78. The number of nitriles is 1. The van der Waals surface area contributed by atoms with E-state index in [-0.39, 0.29) is 36.2 Å². The first-order valence-corrected chi connectivity index (χ1v) is 9.50. The summed E-state index contributed by atoms with van der Waals surface area (Å²) < 4.78 is 0. The second-order valence-corrected chi connectivity index (χ2v) is 7.43. The molecule has 144 valence electrons. The minimum Gasteiger partial charge on any atom is -0.330 e. The van der Waals surface area contributed by atoms with E-state index < -0.39 is 0 Å². The van der Waals surface area contributed by atoms with Crippen LogP contribution in [0.2, 0.25) is 0 Å². The van der Waals surface area contributed by atoms with Gasteiger partial charge in [-0.3, -0.25) is 9.59 Å². The highest BCUT2D eigenvalue weighted by molar-refractivity contribution is 6.05. The van der Waals surface area contributed by atoms with E-state index in [1.165, 1.54) is 0 Å². The van der Waals surface area contributed by atoms with Crippen molar-refractivity contribution in [1.82, 2.24) is 5.32 Å². The maximum absolute atomic E-state index is 12.9. The Morgan fingerprint density at radius 1 is 1.37 bits per heavy atom. The SMILES string of the molecule is CC(=O)N1c2ccc(C(CN)CNCC#N)cc2N(C(=O)C2CC2)C[C@@H]1C. The van der Waals surface area contributed by atoms with Crippen LogP contribution in [0.3, 0.4) is 0 Å². The molecular formula is C20H27N5O2. The first-order valence-electron chi connectivity index (χ1n) is 9.50. The van der Waals surface area contributed by atoms with Gasteiger partial charge in [-0.2, -0.15) is 5.26 Å². The van der Waals surface area contributed by atoms with Crippen LogP contribution in [-0.4, -0.2) is 44.0 Å². The van der Waals surface area contributed by atoms with E-state index in [1.807, 2.05) is 30.0 Å². The van der Waals surface area contributed by atoms with Gasteiger partial charge < -0.3 is 20.9 Å². The molecule has 0 bridgehead atoms. The van der Waals surface area contributed by atoms with Gasteiger partial charge in [-0.25, -0.2) is 0 Å². The fourth-order valence-electron chi connectivity index (χ4n) is 3.77. The van der Waals surface area contributed by atoms with E-state index in [0.717, 1.165) is 29.8 Å². The van der Waals surface area contributed by atoms with Crippen LogP contribution in [0.15, 0.2) is 18.2 Å². The van der Waals surface area contributed by atoms with Gasteiger partial charge in [0.05, 0.1) is 30.0 Å². The zero-order chi connectivity index (χ0) is 19.6. The number of anilines is 2. The lowest BCUT2D eigenvalue weighted by molar-refractivity contribution is -0.120. The second kappa shape index (κ2) is 8.07. The molecule has 0 aromatic heterocycles. The molecule has 1 aromatic rings. The largest absolute Gasteiger partial charge is 0.330 e. The number of nitrogens with two attached hydrogens (primary N) is 1. The van der Waals surface area contributed by atoms with E-state index in [4.69, 9.17) is 11.0 Å². The van der Waals surface area contributed by atoms with Crippen molar-refractivity contribution in [2.75, 3.05) is 36.0 Å². The van der Waals surface area contributed by atoms with Gasteiger partial charge in [-0.15, -0.1) is 0 Å². The lowest BCUT2D eigenvalue weighted by atomic mass is 9.95. The fourth-order valence-corrected chi connectivity index (χ4v) is 3.77. The maximum Gasteiger partial charge on any atom is 0.230 e. The monoisotopic (exact) mass is 369 g/mol. The molecule has 2 amide bonds. The predicted molar refractivity (Wildman–Crippen MR) is 104 cm³/mol. The number of carbonyl (C=O) groups is 2. The molecule has 27 heavy (non-hydrogen) atoms. The molecule has 2 atom stereocenters. The van der Waals surface area contributed by atoms with Gasteiger partial charge in [0.2, 0.25) is 11.8 Å². The van der Waals surface area contributed by atoms with Gasteiger partial charge in [-0.1, -0.05) is 6.07 Å². The first-order chi connectivity index (χ1) is 13.0. The molecule has 1 saturated carbocycles. The van der Waals surface area contributed by atoms with Crippen LogP contribution in [0.1, 0.15) is 38.2 Å². The lowest BCUT2D eigenvalue weighted by Crippen LogP contribution is -2.51. The van der Waals surface area contributed by atoms with Crippen LogP contribution in [0.5, 0.6) is 0 Å². The molecule has 1 unspecified atom stereocenters. The molecule has 0 radical (unpaired) electrons. The Labute approximate surface area is 160 Å². The molecule has 1 fully saturated rings. The third-order valence-corrected chi connectivity index (χ3v) is 5.32. The Morgan fingerprint density at radius 3 is 2.70 bits per heavy atom. The van der Waals surface area contributed by atoms with Gasteiger partial charge >= 0.3 is 0 Å². The number of benzene rings is 1. The van der Waals surface area contributed by atoms with Crippen molar-refractivity contribution in [3.05, 3.63) is 23.8 Å². The van der Waals surface area contributed by atoms with Crippen molar-refractivity contribution < 1.29 is 9.59 Å². The summed E-state index contributed by atoms with van der Waals surface area (Å²) >= 11 is 0. The van der Waals surface area contributed by atoms with Crippen molar-refractivity contribution in [3.8, 4) is 6.07 Å². The Hall–Kier alpha value is -2.43. The highest BCUT2D eigenvalue weighted by atomic mass is 16.2. The van der Waals surface area contributed by atoms with Crippen molar-refractivity contribution in [1.29, 1.82) is 5.26 Å². The number of nitrogens with one attached hydrogen (secondary N) is 1. The van der Waals surface area contributed by atoms with Gasteiger partial charge in [0.15, 0.2) is 0 Å². The van der Waals surface area contributed by atoms with Gasteiger partial charge in [0.25, 0.3) is 0 Å². The molecule has 0 spiro atoms. The summed E-state index contributed by atoms with van der Waals surface area (Å²) in [6, 6.07) is 7.88. The summed E-state index contributed by atoms with van der Waals surface area (Å²) in [5, 5.41) is 11.8. The molecule has 1 aliphatic carbocycles. The highest BCUT2D eigenvalue weighted by Crippen LogP contribution is 2.41. The maximum atomic E-state index is 12.9. The Morgan fingerprint density at radius 2 is 2.11 bits per heavy atom. The number of fused-ring (bicyclic) bond motifs is 1. The molecule has 3 rings (SSSR count). The van der Waals surface area contributed by atoms with Gasteiger partial charge in [0.1, 0.15) is 0 Å². The minimum absolute atomic E-state index is 0.0268. The number of hydrogen-bond donors (Lipinski definition) is 2.